The van der Waals surface area contributed by atoms with Gasteiger partial charge in [0.1, 0.15) is 0 Å². The van der Waals surface area contributed by atoms with Gasteiger partial charge in [0.05, 0.1) is 13.2 Å². The van der Waals surface area contributed by atoms with Crippen molar-refractivity contribution < 1.29 is 14.3 Å². The summed E-state index contributed by atoms with van der Waals surface area (Å²) in [6.45, 7) is 5.60. The van der Waals surface area contributed by atoms with Crippen molar-refractivity contribution in [3.8, 4) is 0 Å². The molecule has 1 aromatic rings. The highest BCUT2D eigenvalue weighted by Gasteiger charge is 2.17. The normalized spacial score (nSPS) is 15.9. The van der Waals surface area contributed by atoms with Crippen LogP contribution >= 0.6 is 0 Å². The molecule has 2 rings (SSSR count). The lowest BCUT2D eigenvalue weighted by molar-refractivity contribution is -0.117. The molecular formula is C18H27N3O3. The molecule has 0 spiro atoms. The van der Waals surface area contributed by atoms with Gasteiger partial charge >= 0.3 is 0 Å². The number of nitrogens with one attached hydrogen (secondary N) is 2. The lowest BCUT2D eigenvalue weighted by Crippen LogP contribution is -2.38. The van der Waals surface area contributed by atoms with E-state index in [0.29, 0.717) is 30.9 Å². The smallest absolute Gasteiger partial charge is 0.251 e. The van der Waals surface area contributed by atoms with E-state index in [1.165, 1.54) is 0 Å². The first-order chi connectivity index (χ1) is 11.6. The Morgan fingerprint density at radius 1 is 1.21 bits per heavy atom. The summed E-state index contributed by atoms with van der Waals surface area (Å²) in [5.74, 6) is 0.598. The number of ether oxygens (including phenoxy) is 1. The monoisotopic (exact) mass is 333 g/mol. The average molecular weight is 333 g/mol. The van der Waals surface area contributed by atoms with Crippen molar-refractivity contribution in [3.63, 3.8) is 0 Å². The Bertz CT molecular complexity index is 537. The predicted molar refractivity (Wildman–Crippen MR) is 94.1 cm³/mol. The molecule has 0 radical (unpaired) electrons. The Kier molecular flexibility index (Phi) is 7.21. The molecular weight excluding hydrogens is 306 g/mol. The predicted octanol–water partition coefficient (Wildman–Crippen LogP) is 1.73. The minimum Gasteiger partial charge on any atom is -0.383 e. The van der Waals surface area contributed by atoms with E-state index in [2.05, 4.69) is 22.5 Å². The van der Waals surface area contributed by atoms with E-state index in [9.17, 15) is 9.59 Å². The van der Waals surface area contributed by atoms with Crippen LogP contribution < -0.4 is 10.6 Å². The zero-order valence-electron chi connectivity index (χ0n) is 14.5. The van der Waals surface area contributed by atoms with E-state index in [1.54, 1.807) is 31.4 Å². The summed E-state index contributed by atoms with van der Waals surface area (Å²) in [6, 6.07) is 6.92. The van der Waals surface area contributed by atoms with Crippen molar-refractivity contribution in [1.29, 1.82) is 0 Å². The Labute approximate surface area is 143 Å². The van der Waals surface area contributed by atoms with Gasteiger partial charge in [-0.3, -0.25) is 14.5 Å². The zero-order valence-corrected chi connectivity index (χ0v) is 14.5. The van der Waals surface area contributed by atoms with Crippen LogP contribution in [0.25, 0.3) is 0 Å². The molecule has 2 amide bonds. The fraction of sp³-hybridized carbons (Fsp3) is 0.556. The molecule has 1 saturated heterocycles. The molecule has 0 unspecified atom stereocenters. The van der Waals surface area contributed by atoms with Crippen molar-refractivity contribution >= 4 is 17.5 Å². The van der Waals surface area contributed by atoms with Crippen LogP contribution in [0.4, 0.5) is 5.69 Å². The number of rotatable bonds is 7. The van der Waals surface area contributed by atoms with Gasteiger partial charge in [-0.2, -0.15) is 0 Å². The van der Waals surface area contributed by atoms with E-state index in [4.69, 9.17) is 4.74 Å². The van der Waals surface area contributed by atoms with E-state index in [-0.39, 0.29) is 11.8 Å². The molecule has 6 heteroatoms. The first kappa shape index (κ1) is 18.4. The Hall–Kier alpha value is -1.92. The number of methoxy groups -OCH3 is 1. The van der Waals surface area contributed by atoms with Gasteiger partial charge in [0.25, 0.3) is 5.91 Å². The molecule has 0 bridgehead atoms. The van der Waals surface area contributed by atoms with Gasteiger partial charge in [0.2, 0.25) is 5.91 Å². The number of likely N-dealkylation sites (tertiary alicyclic amines) is 1. The zero-order chi connectivity index (χ0) is 17.4. The average Bonchev–Trinajstić information content (AvgIpc) is 2.58. The molecule has 1 aliphatic heterocycles. The molecule has 132 valence electrons. The first-order valence-corrected chi connectivity index (χ1v) is 8.48. The third-order valence-corrected chi connectivity index (χ3v) is 4.27. The molecule has 2 N–H and O–H groups in total. The number of hydrogen-bond donors (Lipinski definition) is 2. The van der Waals surface area contributed by atoms with E-state index < -0.39 is 0 Å². The van der Waals surface area contributed by atoms with Crippen LogP contribution in [0.5, 0.6) is 0 Å². The lowest BCUT2D eigenvalue weighted by atomic mass is 9.99. The second-order valence-corrected chi connectivity index (χ2v) is 6.33. The van der Waals surface area contributed by atoms with Crippen LogP contribution in [0.1, 0.15) is 30.1 Å². The SMILES string of the molecule is COCCNC(=O)c1ccc(NC(=O)CN2CCC(C)CC2)cc1. The minimum absolute atomic E-state index is 0.0122. The van der Waals surface area contributed by atoms with Crippen molar-refractivity contribution in [1.82, 2.24) is 10.2 Å². The van der Waals surface area contributed by atoms with E-state index >= 15 is 0 Å². The van der Waals surface area contributed by atoms with Gasteiger partial charge in [-0.15, -0.1) is 0 Å². The Morgan fingerprint density at radius 3 is 2.50 bits per heavy atom. The molecule has 6 nitrogen and oxygen atoms in total. The molecule has 0 atom stereocenters. The third-order valence-electron chi connectivity index (χ3n) is 4.27. The van der Waals surface area contributed by atoms with Crippen LogP contribution in [0.3, 0.4) is 0 Å². The maximum absolute atomic E-state index is 12.1. The summed E-state index contributed by atoms with van der Waals surface area (Å²) < 4.78 is 4.89. The summed E-state index contributed by atoms with van der Waals surface area (Å²) in [4.78, 5) is 26.2. The van der Waals surface area contributed by atoms with Gasteiger partial charge in [0, 0.05) is 24.9 Å². The standard InChI is InChI=1S/C18H27N3O3/c1-14-7-10-21(11-8-14)13-17(22)20-16-5-3-15(4-6-16)18(23)19-9-12-24-2/h3-6,14H,7-13H2,1-2H3,(H,19,23)(H,20,22). The number of anilines is 1. The number of benzene rings is 1. The lowest BCUT2D eigenvalue weighted by Gasteiger charge is -2.29. The van der Waals surface area contributed by atoms with Gasteiger partial charge in [-0.1, -0.05) is 6.92 Å². The highest BCUT2D eigenvalue weighted by Crippen LogP contribution is 2.16. The van der Waals surface area contributed by atoms with Gasteiger partial charge in [0.15, 0.2) is 0 Å². The van der Waals surface area contributed by atoms with E-state index in [1.807, 2.05) is 0 Å². The van der Waals surface area contributed by atoms with Crippen LogP contribution in [0, 0.1) is 5.92 Å². The maximum atomic E-state index is 12.1. The summed E-state index contributed by atoms with van der Waals surface area (Å²) in [5, 5.41) is 5.65. The molecule has 1 aliphatic rings. The van der Waals surface area contributed by atoms with Gasteiger partial charge < -0.3 is 15.4 Å². The summed E-state index contributed by atoms with van der Waals surface area (Å²) in [7, 11) is 1.59. The van der Waals surface area contributed by atoms with Crippen LogP contribution in [0.2, 0.25) is 0 Å². The summed E-state index contributed by atoms with van der Waals surface area (Å²) in [6.07, 6.45) is 2.31. The number of carbonyl (C=O) groups is 2. The second-order valence-electron chi connectivity index (χ2n) is 6.33. The molecule has 0 aliphatic carbocycles. The number of piperidine rings is 1. The number of carbonyl (C=O) groups excluding carboxylic acids is 2. The second kappa shape index (κ2) is 9.39. The summed E-state index contributed by atoms with van der Waals surface area (Å²) in [5.41, 5.74) is 1.27. The molecule has 0 saturated carbocycles. The third kappa shape index (κ3) is 5.94. The summed E-state index contributed by atoms with van der Waals surface area (Å²) >= 11 is 0. The molecule has 1 heterocycles. The fourth-order valence-corrected chi connectivity index (χ4v) is 2.70. The molecule has 1 fully saturated rings. The fourth-order valence-electron chi connectivity index (χ4n) is 2.70. The number of hydrogen-bond acceptors (Lipinski definition) is 4. The van der Waals surface area contributed by atoms with Crippen molar-refractivity contribution in [2.45, 2.75) is 19.8 Å². The topological polar surface area (TPSA) is 70.7 Å². The largest absolute Gasteiger partial charge is 0.383 e. The van der Waals surface area contributed by atoms with Crippen molar-refractivity contribution in [2.75, 3.05) is 45.2 Å². The van der Waals surface area contributed by atoms with Crippen LogP contribution in [0.15, 0.2) is 24.3 Å². The van der Waals surface area contributed by atoms with Gasteiger partial charge in [-0.05, 0) is 56.1 Å². The van der Waals surface area contributed by atoms with Crippen LogP contribution in [-0.4, -0.2) is 56.6 Å². The molecule has 24 heavy (non-hydrogen) atoms. The highest BCUT2D eigenvalue weighted by molar-refractivity contribution is 5.96. The van der Waals surface area contributed by atoms with Crippen LogP contribution in [-0.2, 0) is 9.53 Å². The Balaban J connectivity index is 1.78. The number of nitrogens with zero attached hydrogens (tertiary/aromatic N) is 1. The maximum Gasteiger partial charge on any atom is 0.251 e. The first-order valence-electron chi connectivity index (χ1n) is 8.48. The minimum atomic E-state index is -0.146. The van der Waals surface area contributed by atoms with Gasteiger partial charge in [-0.25, -0.2) is 0 Å². The van der Waals surface area contributed by atoms with Crippen molar-refractivity contribution in [3.05, 3.63) is 29.8 Å². The molecule has 0 aromatic heterocycles. The van der Waals surface area contributed by atoms with Crippen molar-refractivity contribution in [2.24, 2.45) is 5.92 Å². The quantitative estimate of drug-likeness (QED) is 0.746. The molecule has 1 aromatic carbocycles. The number of amides is 2. The Morgan fingerprint density at radius 2 is 1.88 bits per heavy atom. The van der Waals surface area contributed by atoms with E-state index in [0.717, 1.165) is 31.8 Å². The highest BCUT2D eigenvalue weighted by atomic mass is 16.5.